The molecule has 0 unspecified atom stereocenters. The Morgan fingerprint density at radius 3 is 1.34 bits per heavy atom. The fourth-order valence-corrected chi connectivity index (χ4v) is 18.1. The molecule has 0 bridgehead atoms. The quantitative estimate of drug-likeness (QED) is 0.134. The third-order valence-electron chi connectivity index (χ3n) is 19.6. The van der Waals surface area contributed by atoms with Crippen LogP contribution in [0.3, 0.4) is 0 Å². The minimum absolute atomic E-state index is 0.177. The maximum atomic E-state index is 7.86. The van der Waals surface area contributed by atoms with Gasteiger partial charge in [0.05, 0.1) is 27.4 Å². The summed E-state index contributed by atoms with van der Waals surface area (Å²) >= 11 is 3.70. The van der Waals surface area contributed by atoms with Crippen LogP contribution in [-0.2, 0) is 0 Å². The average Bonchev–Trinajstić information content (AvgIpc) is 0.885. The molecule has 0 fully saturated rings. The number of hydrogen-bond donors (Lipinski definition) is 0. The van der Waals surface area contributed by atoms with E-state index < -0.39 is 0 Å². The number of thiophene rings is 2. The van der Waals surface area contributed by atoms with Crippen molar-refractivity contribution in [1.29, 1.82) is 0 Å². The summed E-state index contributed by atoms with van der Waals surface area (Å²) in [5, 5.41) is 4.99. The van der Waals surface area contributed by atoms with Gasteiger partial charge in [-0.05, 0) is 154 Å². The Bertz CT molecular complexity index is 5730. The van der Waals surface area contributed by atoms with E-state index in [2.05, 4.69) is 346 Å². The summed E-state index contributed by atoms with van der Waals surface area (Å²) < 4.78 is 12.9. The molecule has 0 aliphatic carbocycles. The summed E-state index contributed by atoms with van der Waals surface area (Å²) in [5.41, 5.74) is 23.5. The second-order valence-electron chi connectivity index (χ2n) is 24.7. The molecule has 0 saturated carbocycles. The van der Waals surface area contributed by atoms with Gasteiger partial charge in [0.1, 0.15) is 11.5 Å². The van der Waals surface area contributed by atoms with E-state index in [-0.39, 0.29) is 13.4 Å². The van der Waals surface area contributed by atoms with Gasteiger partial charge in [0, 0.05) is 110 Å². The maximum Gasteiger partial charge on any atom is 0.256 e. The molecule has 0 saturated heterocycles. The zero-order valence-corrected chi connectivity index (χ0v) is 52.3. The Hall–Kier alpha value is -11.6. The summed E-state index contributed by atoms with van der Waals surface area (Å²) in [6.45, 7) is -0.368. The molecule has 94 heavy (non-hydrogen) atoms. The van der Waals surface area contributed by atoms with Crippen LogP contribution in [0.1, 0.15) is 0 Å². The Kier molecular flexibility index (Phi) is 11.9. The SMILES string of the molecule is c1ccc(N2c3ccccc3B3c4cc5c(cc4Oc4cc(N(c6ccccc6)c6cccc7c6sc6ccccc67)cc2c43)N(c2ccccc2)c2cc(N(c3ccccc3)c3cccc4sc6ccccc6c34)cc3c2B5c2ccccc2N3c2ccccc2)cc1. The first-order valence-electron chi connectivity index (χ1n) is 32.1. The zero-order chi connectivity index (χ0) is 61.5. The summed E-state index contributed by atoms with van der Waals surface area (Å²) in [5.74, 6) is 1.66. The molecule has 4 aliphatic heterocycles. The van der Waals surface area contributed by atoms with Gasteiger partial charge in [-0.3, -0.25) is 0 Å². The number of hydrogen-bond acceptors (Lipinski definition) is 8. The molecule has 10 heteroatoms. The van der Waals surface area contributed by atoms with E-state index in [9.17, 15) is 0 Å². The van der Waals surface area contributed by atoms with E-state index >= 15 is 0 Å². The van der Waals surface area contributed by atoms with Gasteiger partial charge >= 0.3 is 0 Å². The molecule has 438 valence electrons. The van der Waals surface area contributed by atoms with Gasteiger partial charge in [-0.25, -0.2) is 0 Å². The third kappa shape index (κ3) is 7.97. The molecule has 6 heterocycles. The Morgan fingerprint density at radius 2 is 0.723 bits per heavy atom. The van der Waals surface area contributed by atoms with Crippen molar-refractivity contribution < 1.29 is 4.74 Å². The monoisotopic (exact) mass is 1230 g/mol. The van der Waals surface area contributed by atoms with E-state index in [1.807, 2.05) is 22.7 Å². The maximum absolute atomic E-state index is 7.86. The molecule has 0 spiro atoms. The minimum Gasteiger partial charge on any atom is -0.458 e. The van der Waals surface area contributed by atoms with Crippen molar-refractivity contribution in [2.45, 2.75) is 0 Å². The van der Waals surface area contributed by atoms with Crippen LogP contribution >= 0.6 is 22.7 Å². The molecule has 0 atom stereocenters. The van der Waals surface area contributed by atoms with Gasteiger partial charge in [-0.2, -0.15) is 0 Å². The van der Waals surface area contributed by atoms with Gasteiger partial charge in [0.15, 0.2) is 0 Å². The van der Waals surface area contributed by atoms with E-state index in [0.717, 1.165) is 108 Å². The summed E-state index contributed by atoms with van der Waals surface area (Å²) in [7, 11) is 0. The highest BCUT2D eigenvalue weighted by molar-refractivity contribution is 7.26. The van der Waals surface area contributed by atoms with Crippen molar-refractivity contribution in [3.63, 3.8) is 0 Å². The minimum atomic E-state index is -0.191. The number of benzene rings is 14. The second-order valence-corrected chi connectivity index (χ2v) is 26.8. The number of ether oxygens (including phenoxy) is 1. The van der Waals surface area contributed by atoms with Gasteiger partial charge in [0.2, 0.25) is 0 Å². The highest BCUT2D eigenvalue weighted by atomic mass is 32.1. The Balaban J connectivity index is 0.861. The first-order valence-corrected chi connectivity index (χ1v) is 33.8. The van der Waals surface area contributed by atoms with Crippen LogP contribution in [0, 0.1) is 0 Å². The zero-order valence-electron chi connectivity index (χ0n) is 50.7. The lowest BCUT2D eigenvalue weighted by atomic mass is 9.30. The highest BCUT2D eigenvalue weighted by Gasteiger charge is 2.48. The lowest BCUT2D eigenvalue weighted by Crippen LogP contribution is -2.64. The van der Waals surface area contributed by atoms with E-state index in [1.165, 1.54) is 62.2 Å². The van der Waals surface area contributed by atoms with Gasteiger partial charge < -0.3 is 29.2 Å². The third-order valence-corrected chi connectivity index (χ3v) is 21.9. The predicted octanol–water partition coefficient (Wildman–Crippen LogP) is 19.8. The smallest absolute Gasteiger partial charge is 0.256 e. The van der Waals surface area contributed by atoms with Crippen LogP contribution < -0.4 is 62.0 Å². The topological polar surface area (TPSA) is 25.4 Å². The average molecular weight is 1230 g/mol. The van der Waals surface area contributed by atoms with Crippen LogP contribution in [0.25, 0.3) is 40.3 Å². The Morgan fingerprint density at radius 1 is 0.277 bits per heavy atom. The number of nitrogens with zero attached hydrogens (tertiary/aromatic N) is 5. The number of anilines is 15. The van der Waals surface area contributed by atoms with Gasteiger partial charge in [-0.1, -0.05) is 188 Å². The first kappa shape index (κ1) is 53.1. The number of para-hydroxylation sites is 7. The van der Waals surface area contributed by atoms with Crippen LogP contribution in [-0.4, -0.2) is 13.4 Å². The van der Waals surface area contributed by atoms with Crippen LogP contribution in [0.4, 0.5) is 85.3 Å². The van der Waals surface area contributed by atoms with Crippen molar-refractivity contribution >= 4 is 195 Å². The molecule has 4 aliphatic rings. The van der Waals surface area contributed by atoms with Crippen LogP contribution in [0.5, 0.6) is 11.5 Å². The lowest BCUT2D eigenvalue weighted by molar-refractivity contribution is 0.488. The number of fused-ring (bicyclic) bond motifs is 14. The summed E-state index contributed by atoms with van der Waals surface area (Å²) in [6, 6.07) is 119. The largest absolute Gasteiger partial charge is 0.458 e. The van der Waals surface area contributed by atoms with E-state index in [1.54, 1.807) is 0 Å². The molecule has 0 amide bonds. The fraction of sp³-hybridized carbons (Fsp3) is 0. The molecular formula is C84H53B2N5OS2. The van der Waals surface area contributed by atoms with Crippen molar-refractivity contribution in [3.05, 3.63) is 322 Å². The van der Waals surface area contributed by atoms with Crippen LogP contribution in [0.2, 0.25) is 0 Å². The standard InChI is InChI=1S/C84H53B2N5OS2/c1-6-26-54(27-7-1)87(70-43-25-47-80-81(70)63-37-17-23-46-79(63)93-80)59-48-73-82-74(49-59)91(58-34-14-5-15-35-58)72-53-76-67(52-66(72)85(82)64-39-18-20-41-68(64)89(73)56-30-10-3-11-31-56)86-65-40-19-21-42-69(65)90(57-32-12-4-13-33-57)75-50-60(51-77(92-76)83(75)86)88(55-28-8-2-9-29-55)71-44-24-38-62-61-36-16-22-45-78(61)94-84(62)71/h1-53H. The van der Waals surface area contributed by atoms with E-state index in [4.69, 9.17) is 4.74 Å². The highest BCUT2D eigenvalue weighted by Crippen LogP contribution is 2.53. The second kappa shape index (κ2) is 21.0. The molecule has 0 N–H and O–H groups in total. The Labute approximate surface area is 553 Å². The molecule has 16 aromatic rings. The molecule has 0 radical (unpaired) electrons. The summed E-state index contributed by atoms with van der Waals surface area (Å²) in [4.78, 5) is 12.5. The van der Waals surface area contributed by atoms with Gasteiger partial charge in [-0.15, -0.1) is 22.7 Å². The normalized spacial score (nSPS) is 13.1. The molecular weight excluding hydrogens is 1180 g/mol. The molecule has 2 aromatic heterocycles. The fourth-order valence-electron chi connectivity index (χ4n) is 15.8. The van der Waals surface area contributed by atoms with Crippen molar-refractivity contribution in [3.8, 4) is 11.5 Å². The molecule has 20 rings (SSSR count). The summed E-state index contributed by atoms with van der Waals surface area (Å²) in [6.07, 6.45) is 0. The number of rotatable bonds is 9. The van der Waals surface area contributed by atoms with Crippen molar-refractivity contribution in [2.24, 2.45) is 0 Å². The molecule has 14 aromatic carbocycles. The predicted molar refractivity (Wildman–Crippen MR) is 401 cm³/mol. The lowest BCUT2D eigenvalue weighted by Gasteiger charge is -2.46. The van der Waals surface area contributed by atoms with Gasteiger partial charge in [0.25, 0.3) is 13.4 Å². The van der Waals surface area contributed by atoms with E-state index in [0.29, 0.717) is 0 Å². The van der Waals surface area contributed by atoms with Crippen molar-refractivity contribution in [1.82, 2.24) is 0 Å². The first-order chi connectivity index (χ1) is 46.7. The van der Waals surface area contributed by atoms with Crippen molar-refractivity contribution in [2.75, 3.05) is 24.5 Å². The molecule has 6 nitrogen and oxygen atoms in total. The van der Waals surface area contributed by atoms with Crippen LogP contribution in [0.15, 0.2) is 322 Å².